The van der Waals surface area contributed by atoms with Crippen LogP contribution in [-0.2, 0) is 0 Å². The first-order valence-electron chi connectivity index (χ1n) is 23.2. The van der Waals surface area contributed by atoms with Gasteiger partial charge in [0.15, 0.2) is 0 Å². The van der Waals surface area contributed by atoms with Gasteiger partial charge in [0.25, 0.3) is 0 Å². The molecule has 0 amide bonds. The summed E-state index contributed by atoms with van der Waals surface area (Å²) >= 11 is 0. The molecule has 4 heterocycles. The van der Waals surface area contributed by atoms with Gasteiger partial charge >= 0.3 is 0 Å². The molecule has 0 aliphatic carbocycles. The average molecular weight is 693 g/mol. The number of fused-ring (bicyclic) bond motifs is 12. The number of para-hydroxylation sites is 4. The van der Waals surface area contributed by atoms with Crippen LogP contribution in [0.1, 0.15) is 19.3 Å². The molecule has 9 aromatic carbocycles. The molecule has 0 radical (unpaired) electrons. The first-order chi connectivity index (χ1) is 30.9. The zero-order valence-electron chi connectivity index (χ0n) is 38.9. The second-order valence-electron chi connectivity index (χ2n) is 14.5. The molecule has 2 nitrogen and oxygen atoms in total. The highest BCUT2D eigenvalue weighted by Crippen LogP contribution is 2.47. The number of hydrogen-bond acceptors (Lipinski definition) is 0. The monoisotopic (exact) mass is 692 g/mol. The maximum atomic E-state index is 9.10. The maximum absolute atomic E-state index is 9.10. The van der Waals surface area contributed by atoms with E-state index < -0.39 is 36.3 Å². The predicted octanol–water partition coefficient (Wildman–Crippen LogP) is 11.0. The highest BCUT2D eigenvalue weighted by atomic mass is 15.0. The lowest BCUT2D eigenvalue weighted by Gasteiger charge is -2.34. The summed E-state index contributed by atoms with van der Waals surface area (Å²) in [7, 11) is 0. The first-order valence-corrected chi connectivity index (χ1v) is 18.2. The quantitative estimate of drug-likeness (QED) is 0.160. The molecular weight excluding hydrogens is 651 g/mol. The van der Waals surface area contributed by atoms with Crippen molar-refractivity contribution in [2.75, 3.05) is 0 Å². The van der Waals surface area contributed by atoms with Crippen molar-refractivity contribution in [3.63, 3.8) is 0 Å². The Labute approximate surface area is 326 Å². The third-order valence-corrected chi connectivity index (χ3v) is 11.9. The van der Waals surface area contributed by atoms with E-state index in [1.807, 2.05) is 57.7 Å². The van der Waals surface area contributed by atoms with Gasteiger partial charge in [0.2, 0.25) is 6.71 Å². The minimum Gasteiger partial charge on any atom is -0.309 e. The van der Waals surface area contributed by atoms with E-state index in [0.717, 1.165) is 109 Å². The van der Waals surface area contributed by atoms with E-state index in [-0.39, 0.29) is 42.3 Å². The van der Waals surface area contributed by atoms with Crippen LogP contribution in [0.25, 0.3) is 98.8 Å². The average Bonchev–Trinajstić information content (AvgIpc) is 3.81. The van der Waals surface area contributed by atoms with Gasteiger partial charge in [-0.25, -0.2) is 0 Å². The highest BCUT2D eigenvalue weighted by Gasteiger charge is 2.39. The number of rotatable bonds is 2. The Morgan fingerprint density at radius 2 is 0.870 bits per heavy atom. The van der Waals surface area contributed by atoms with Gasteiger partial charge in [-0.2, -0.15) is 0 Å². The van der Waals surface area contributed by atoms with Crippen LogP contribution in [0.4, 0.5) is 0 Å². The summed E-state index contributed by atoms with van der Waals surface area (Å²) in [5.41, 5.74) is 11.6. The van der Waals surface area contributed by atoms with Crippen molar-refractivity contribution in [3.8, 4) is 33.6 Å². The molecule has 54 heavy (non-hydrogen) atoms. The summed E-state index contributed by atoms with van der Waals surface area (Å²) in [5, 5.41) is 7.94. The second kappa shape index (κ2) is 10.2. The molecule has 13 rings (SSSR count). The maximum Gasteiger partial charge on any atom is 0.244 e. The lowest BCUT2D eigenvalue weighted by molar-refractivity contribution is 1.18. The number of aromatic nitrogens is 2. The summed E-state index contributed by atoms with van der Waals surface area (Å²) in [4.78, 5) is 0. The third-order valence-electron chi connectivity index (χ3n) is 11.9. The van der Waals surface area contributed by atoms with Crippen molar-refractivity contribution >= 4 is 88.3 Å². The second-order valence-corrected chi connectivity index (χ2v) is 14.5. The molecule has 0 atom stereocenters. The topological polar surface area (TPSA) is 9.86 Å². The van der Waals surface area contributed by atoms with Gasteiger partial charge in [0, 0.05) is 32.9 Å². The number of aryl methyl sites for hydroxylation is 1. The zero-order valence-corrected chi connectivity index (χ0v) is 28.9. The van der Waals surface area contributed by atoms with Crippen LogP contribution in [0.15, 0.2) is 170 Å². The summed E-state index contributed by atoms with van der Waals surface area (Å²) < 4.78 is 91.3. The van der Waals surface area contributed by atoms with Gasteiger partial charge in [0.05, 0.1) is 35.8 Å². The molecule has 11 aromatic rings. The zero-order chi connectivity index (χ0) is 43.9. The van der Waals surface area contributed by atoms with Crippen LogP contribution in [0, 0.1) is 6.92 Å². The van der Waals surface area contributed by atoms with Crippen molar-refractivity contribution in [3.05, 3.63) is 175 Å². The molecular formula is C51H31BN2. The molecule has 248 valence electrons. The molecule has 2 aliphatic rings. The van der Waals surface area contributed by atoms with Gasteiger partial charge < -0.3 is 9.13 Å². The molecule has 0 N–H and O–H groups in total. The van der Waals surface area contributed by atoms with Crippen molar-refractivity contribution in [2.24, 2.45) is 0 Å². The van der Waals surface area contributed by atoms with E-state index in [1.54, 1.807) is 0 Å². The van der Waals surface area contributed by atoms with Crippen molar-refractivity contribution in [1.29, 1.82) is 0 Å². The molecule has 0 fully saturated rings. The van der Waals surface area contributed by atoms with E-state index in [0.29, 0.717) is 0 Å². The van der Waals surface area contributed by atoms with Crippen molar-refractivity contribution in [1.82, 2.24) is 9.13 Å². The fraction of sp³-hybridized carbons (Fsp3) is 0.0196. The van der Waals surface area contributed by atoms with E-state index in [1.165, 1.54) is 0 Å². The van der Waals surface area contributed by atoms with Gasteiger partial charge in [-0.1, -0.05) is 138 Å². The minimum atomic E-state index is -0.441. The third kappa shape index (κ3) is 3.48. The largest absolute Gasteiger partial charge is 0.309 e. The van der Waals surface area contributed by atoms with Crippen molar-refractivity contribution < 1.29 is 13.7 Å². The lowest BCUT2D eigenvalue weighted by atomic mass is 9.31. The summed E-state index contributed by atoms with van der Waals surface area (Å²) in [5.74, 6) is 0. The SMILES string of the molecule is [2H]c1c([2H])c([2H])c(-n2c3ccccc3c3c4cccc5c4c(cc32)-c2cc(C)cc3c2B5c2cccc4c2c-3cc2c4c3ccccc3n2-c2c([2H])c([2H])c([2H])c([2H])c2[2H])c([2H])c1[2H]. The molecule has 0 spiro atoms. The first kappa shape index (κ1) is 21.0. The Hall–Kier alpha value is -6.84. The van der Waals surface area contributed by atoms with E-state index in [2.05, 4.69) is 67.6 Å². The molecule has 0 unspecified atom stereocenters. The van der Waals surface area contributed by atoms with E-state index in [9.17, 15) is 0 Å². The summed E-state index contributed by atoms with van der Waals surface area (Å²) in [6.07, 6.45) is 0. The van der Waals surface area contributed by atoms with Crippen LogP contribution in [0.2, 0.25) is 0 Å². The van der Waals surface area contributed by atoms with Gasteiger partial charge in [-0.3, -0.25) is 0 Å². The fourth-order valence-electron chi connectivity index (χ4n) is 10.1. The fourth-order valence-corrected chi connectivity index (χ4v) is 10.1. The number of hydrogen-bond donors (Lipinski definition) is 0. The molecule has 0 saturated carbocycles. The Morgan fingerprint density at radius 3 is 1.35 bits per heavy atom. The molecule has 0 saturated heterocycles. The van der Waals surface area contributed by atoms with Crippen molar-refractivity contribution in [2.45, 2.75) is 6.92 Å². The highest BCUT2D eigenvalue weighted by molar-refractivity contribution is 7.01. The van der Waals surface area contributed by atoms with Crippen LogP contribution in [-0.4, -0.2) is 15.8 Å². The Balaban J connectivity index is 1.19. The number of benzene rings is 9. The predicted molar refractivity (Wildman–Crippen MR) is 230 cm³/mol. The molecule has 3 heteroatoms. The Morgan fingerprint density at radius 1 is 0.426 bits per heavy atom. The molecule has 2 aromatic heterocycles. The van der Waals surface area contributed by atoms with E-state index >= 15 is 0 Å². The lowest BCUT2D eigenvalue weighted by Crippen LogP contribution is -2.57. The summed E-state index contributed by atoms with van der Waals surface area (Å²) in [6, 6.07) is 33.8. The van der Waals surface area contributed by atoms with Crippen LogP contribution in [0.5, 0.6) is 0 Å². The van der Waals surface area contributed by atoms with Crippen LogP contribution in [0.3, 0.4) is 0 Å². The minimum absolute atomic E-state index is 0.0963. The molecule has 2 aliphatic heterocycles. The smallest absolute Gasteiger partial charge is 0.244 e. The van der Waals surface area contributed by atoms with Crippen LogP contribution >= 0.6 is 0 Å². The van der Waals surface area contributed by atoms with E-state index in [4.69, 9.17) is 13.7 Å². The van der Waals surface area contributed by atoms with Gasteiger partial charge in [0.1, 0.15) is 0 Å². The van der Waals surface area contributed by atoms with Gasteiger partial charge in [-0.15, -0.1) is 0 Å². The Bertz CT molecular complexity index is 3740. The number of nitrogens with zero attached hydrogens (tertiary/aromatic N) is 2. The van der Waals surface area contributed by atoms with Crippen LogP contribution < -0.4 is 16.4 Å². The normalized spacial score (nSPS) is 15.5. The standard InChI is InChI=1S/C51H31BN2/c1-30-26-39-37-28-45-49(33-18-8-10-24-43(33)53(45)31-14-4-2-5-15-31)35-20-12-22-41(47(35)37)52-42-23-13-21-36-48(42)38(40(27-30)51(39)52)29-46-50(36)34-19-9-11-25-44(34)54(46)32-16-6-3-7-17-32/h2-29H,1H3/i2D,3D,4D,5D,6D,7D,14D,15D,16D,17D. The summed E-state index contributed by atoms with van der Waals surface area (Å²) in [6.45, 7) is 1.93. The van der Waals surface area contributed by atoms with Gasteiger partial charge in [-0.05, 0) is 105 Å². The Kier molecular flexibility index (Phi) is 3.96. The molecule has 0 bridgehead atoms.